The first kappa shape index (κ1) is 7.72. The van der Waals surface area contributed by atoms with Crippen molar-refractivity contribution in [3.63, 3.8) is 0 Å². The third-order valence-corrected chi connectivity index (χ3v) is 1.18. The number of hydrogen-bond donors (Lipinski definition) is 0. The second-order valence-corrected chi connectivity index (χ2v) is 2.00. The summed E-state index contributed by atoms with van der Waals surface area (Å²) in [6.07, 6.45) is 1.55. The van der Waals surface area contributed by atoms with E-state index in [2.05, 4.69) is 6.58 Å². The Kier molecular flexibility index (Phi) is 3.43. The molecule has 0 aromatic rings. The summed E-state index contributed by atoms with van der Waals surface area (Å²) in [4.78, 5) is 0. The molecule has 0 saturated carbocycles. The highest BCUT2D eigenvalue weighted by atomic mass is 16.7. The Balaban J connectivity index is 1.96. The summed E-state index contributed by atoms with van der Waals surface area (Å²) < 4.78 is 15.3. The molecule has 1 aliphatic rings. The quantitative estimate of drug-likeness (QED) is 0.426. The first-order chi connectivity index (χ1) is 4.93. The zero-order valence-corrected chi connectivity index (χ0v) is 5.91. The minimum absolute atomic E-state index is 0.153. The Morgan fingerprint density at radius 2 is 2.20 bits per heavy atom. The fraction of sp³-hybridized carbons (Fsp3) is 0.714. The van der Waals surface area contributed by atoms with E-state index in [1.165, 1.54) is 0 Å². The summed E-state index contributed by atoms with van der Waals surface area (Å²) in [7, 11) is 0. The normalized spacial score (nSPS) is 19.6. The molecule has 58 valence electrons. The molecule has 0 spiro atoms. The van der Waals surface area contributed by atoms with Crippen molar-refractivity contribution in [2.75, 3.05) is 26.4 Å². The van der Waals surface area contributed by atoms with Gasteiger partial charge in [-0.3, -0.25) is 0 Å². The molecule has 0 radical (unpaired) electrons. The summed E-state index contributed by atoms with van der Waals surface area (Å²) in [6.45, 7) is 5.95. The van der Waals surface area contributed by atoms with Crippen molar-refractivity contribution in [3.8, 4) is 0 Å². The fourth-order valence-electron chi connectivity index (χ4n) is 0.751. The fourth-order valence-corrected chi connectivity index (χ4v) is 0.751. The average molecular weight is 144 g/mol. The van der Waals surface area contributed by atoms with E-state index in [0.717, 1.165) is 0 Å². The molecule has 1 aliphatic heterocycles. The van der Waals surface area contributed by atoms with Crippen LogP contribution in [0, 0.1) is 0 Å². The molecule has 0 atom stereocenters. The molecule has 1 heterocycles. The first-order valence-electron chi connectivity index (χ1n) is 3.35. The predicted molar refractivity (Wildman–Crippen MR) is 36.7 cm³/mol. The smallest absolute Gasteiger partial charge is 0.181 e. The zero-order chi connectivity index (χ0) is 7.23. The van der Waals surface area contributed by atoms with Crippen LogP contribution in [0.4, 0.5) is 0 Å². The van der Waals surface area contributed by atoms with Crippen LogP contribution in [0.3, 0.4) is 0 Å². The highest BCUT2D eigenvalue weighted by molar-refractivity contribution is 4.64. The lowest BCUT2D eigenvalue weighted by molar-refractivity contribution is -0.0899. The van der Waals surface area contributed by atoms with Crippen LogP contribution in [-0.2, 0) is 14.2 Å². The molecule has 0 aromatic carbocycles. The third-order valence-electron chi connectivity index (χ3n) is 1.18. The van der Waals surface area contributed by atoms with Gasteiger partial charge < -0.3 is 14.2 Å². The lowest BCUT2D eigenvalue weighted by atomic mass is 10.6. The zero-order valence-electron chi connectivity index (χ0n) is 5.91. The van der Waals surface area contributed by atoms with Gasteiger partial charge in [-0.25, -0.2) is 0 Å². The average Bonchev–Trinajstić information content (AvgIpc) is 2.41. The van der Waals surface area contributed by atoms with Crippen molar-refractivity contribution in [2.24, 2.45) is 0 Å². The van der Waals surface area contributed by atoms with Crippen LogP contribution in [-0.4, -0.2) is 32.7 Å². The number of hydrogen-bond acceptors (Lipinski definition) is 3. The van der Waals surface area contributed by atoms with E-state index in [1.54, 1.807) is 6.08 Å². The van der Waals surface area contributed by atoms with Crippen LogP contribution in [0.5, 0.6) is 0 Å². The highest BCUT2D eigenvalue weighted by Crippen LogP contribution is 2.02. The Bertz CT molecular complexity index is 97.0. The molecular weight excluding hydrogens is 132 g/mol. The monoisotopic (exact) mass is 144 g/mol. The van der Waals surface area contributed by atoms with Gasteiger partial charge in [-0.15, -0.1) is 6.58 Å². The van der Waals surface area contributed by atoms with E-state index >= 15 is 0 Å². The Hall–Kier alpha value is -0.380. The molecule has 3 heteroatoms. The molecule has 0 aliphatic carbocycles. The number of rotatable bonds is 4. The standard InChI is InChI=1S/C7H12O3/c1-2-3-8-6-7-9-4-5-10-7/h2,7H,1,3-6H2. The SMILES string of the molecule is C=CCOCC1OCCO1. The van der Waals surface area contributed by atoms with Crippen LogP contribution < -0.4 is 0 Å². The Morgan fingerprint density at radius 3 is 2.80 bits per heavy atom. The van der Waals surface area contributed by atoms with Crippen LogP contribution in [0.25, 0.3) is 0 Å². The van der Waals surface area contributed by atoms with Crippen molar-refractivity contribution in [2.45, 2.75) is 6.29 Å². The maximum Gasteiger partial charge on any atom is 0.181 e. The molecule has 10 heavy (non-hydrogen) atoms. The van der Waals surface area contributed by atoms with Gasteiger partial charge in [0.15, 0.2) is 6.29 Å². The minimum atomic E-state index is -0.153. The van der Waals surface area contributed by atoms with Gasteiger partial charge in [0.1, 0.15) is 0 Å². The van der Waals surface area contributed by atoms with Gasteiger partial charge in [0.05, 0.1) is 26.4 Å². The number of ether oxygens (including phenoxy) is 3. The third kappa shape index (κ3) is 2.47. The molecule has 0 amide bonds. The summed E-state index contributed by atoms with van der Waals surface area (Å²) >= 11 is 0. The van der Waals surface area contributed by atoms with E-state index in [0.29, 0.717) is 26.4 Å². The van der Waals surface area contributed by atoms with Gasteiger partial charge in [0.25, 0.3) is 0 Å². The van der Waals surface area contributed by atoms with Gasteiger partial charge in [0.2, 0.25) is 0 Å². The summed E-state index contributed by atoms with van der Waals surface area (Å²) in [6, 6.07) is 0. The predicted octanol–water partition coefficient (Wildman–Crippen LogP) is 0.562. The Labute approximate surface area is 60.6 Å². The topological polar surface area (TPSA) is 27.7 Å². The van der Waals surface area contributed by atoms with Crippen molar-refractivity contribution in [3.05, 3.63) is 12.7 Å². The maximum atomic E-state index is 5.12. The summed E-state index contributed by atoms with van der Waals surface area (Å²) in [5.74, 6) is 0. The Morgan fingerprint density at radius 1 is 1.50 bits per heavy atom. The molecule has 3 nitrogen and oxygen atoms in total. The van der Waals surface area contributed by atoms with E-state index in [-0.39, 0.29) is 6.29 Å². The van der Waals surface area contributed by atoms with Crippen LogP contribution in [0.15, 0.2) is 12.7 Å². The second kappa shape index (κ2) is 4.44. The lowest BCUT2D eigenvalue weighted by Gasteiger charge is -2.07. The van der Waals surface area contributed by atoms with Crippen LogP contribution >= 0.6 is 0 Å². The molecule has 1 saturated heterocycles. The minimum Gasteiger partial charge on any atom is -0.372 e. The summed E-state index contributed by atoms with van der Waals surface area (Å²) in [5, 5.41) is 0. The molecule has 0 N–H and O–H groups in total. The van der Waals surface area contributed by atoms with Crippen molar-refractivity contribution in [1.82, 2.24) is 0 Å². The molecule has 1 rings (SSSR count). The van der Waals surface area contributed by atoms with E-state index in [1.807, 2.05) is 0 Å². The second-order valence-electron chi connectivity index (χ2n) is 2.00. The molecule has 0 bridgehead atoms. The highest BCUT2D eigenvalue weighted by Gasteiger charge is 2.14. The maximum absolute atomic E-state index is 5.12. The van der Waals surface area contributed by atoms with Gasteiger partial charge in [-0.2, -0.15) is 0 Å². The van der Waals surface area contributed by atoms with Gasteiger partial charge >= 0.3 is 0 Å². The molecule has 0 unspecified atom stereocenters. The van der Waals surface area contributed by atoms with Crippen molar-refractivity contribution in [1.29, 1.82) is 0 Å². The summed E-state index contributed by atoms with van der Waals surface area (Å²) in [5.41, 5.74) is 0. The van der Waals surface area contributed by atoms with Gasteiger partial charge in [-0.1, -0.05) is 6.08 Å². The van der Waals surface area contributed by atoms with Gasteiger partial charge in [-0.05, 0) is 0 Å². The molecular formula is C7H12O3. The van der Waals surface area contributed by atoms with Gasteiger partial charge in [0, 0.05) is 0 Å². The first-order valence-corrected chi connectivity index (χ1v) is 3.35. The largest absolute Gasteiger partial charge is 0.372 e. The molecule has 0 aromatic heterocycles. The van der Waals surface area contributed by atoms with Crippen LogP contribution in [0.2, 0.25) is 0 Å². The van der Waals surface area contributed by atoms with Crippen molar-refractivity contribution < 1.29 is 14.2 Å². The van der Waals surface area contributed by atoms with Crippen LogP contribution in [0.1, 0.15) is 0 Å². The lowest BCUT2D eigenvalue weighted by Crippen LogP contribution is -2.15. The van der Waals surface area contributed by atoms with E-state index in [4.69, 9.17) is 14.2 Å². The van der Waals surface area contributed by atoms with Crippen molar-refractivity contribution >= 4 is 0 Å². The molecule has 1 fully saturated rings. The van der Waals surface area contributed by atoms with E-state index < -0.39 is 0 Å². The van der Waals surface area contributed by atoms with E-state index in [9.17, 15) is 0 Å².